The van der Waals surface area contributed by atoms with Crippen LogP contribution >= 0.6 is 11.3 Å². The maximum Gasteiger partial charge on any atom is 0.265 e. The molecule has 0 spiro atoms. The van der Waals surface area contributed by atoms with E-state index in [1.165, 1.54) is 23.5 Å². The molecule has 1 aliphatic rings. The Balaban J connectivity index is 1.87. The van der Waals surface area contributed by atoms with Gasteiger partial charge in [0.1, 0.15) is 15.7 Å². The molecule has 110 valence electrons. The number of carbonyl (C=O) groups is 1. The number of rotatable bonds is 2. The molecule has 0 unspecified atom stereocenters. The van der Waals surface area contributed by atoms with E-state index >= 15 is 0 Å². The molecule has 6 heteroatoms. The van der Waals surface area contributed by atoms with Crippen molar-refractivity contribution in [3.8, 4) is 10.6 Å². The molecule has 1 amide bonds. The van der Waals surface area contributed by atoms with Crippen LogP contribution in [0.4, 0.5) is 4.39 Å². The van der Waals surface area contributed by atoms with Crippen molar-refractivity contribution in [2.75, 3.05) is 13.1 Å². The molecule has 21 heavy (non-hydrogen) atoms. The average Bonchev–Trinajstić information content (AvgIpc) is 3.05. The first-order valence-electron chi connectivity index (χ1n) is 6.83. The van der Waals surface area contributed by atoms with Crippen LogP contribution in [0.5, 0.6) is 0 Å². The first-order chi connectivity index (χ1) is 10.0. The van der Waals surface area contributed by atoms with E-state index in [4.69, 9.17) is 5.73 Å². The summed E-state index contributed by atoms with van der Waals surface area (Å²) in [5.74, 6) is -0.291. The number of aromatic nitrogens is 1. The molecule has 1 aliphatic heterocycles. The quantitative estimate of drug-likeness (QED) is 0.927. The second-order valence-corrected chi connectivity index (χ2v) is 6.24. The third kappa shape index (κ3) is 2.82. The number of benzene rings is 1. The number of hydrogen-bond acceptors (Lipinski definition) is 4. The highest BCUT2D eigenvalue weighted by atomic mass is 32.1. The fourth-order valence-corrected chi connectivity index (χ4v) is 3.47. The van der Waals surface area contributed by atoms with E-state index < -0.39 is 0 Å². The highest BCUT2D eigenvalue weighted by Gasteiger charge is 2.27. The van der Waals surface area contributed by atoms with Crippen LogP contribution in [0.1, 0.15) is 21.8 Å². The molecule has 1 aromatic heterocycles. The van der Waals surface area contributed by atoms with E-state index in [-0.39, 0.29) is 17.8 Å². The number of amides is 1. The Morgan fingerprint density at radius 3 is 2.76 bits per heavy atom. The molecule has 0 radical (unpaired) electrons. The number of halogens is 1. The van der Waals surface area contributed by atoms with E-state index in [1.54, 1.807) is 17.0 Å². The Labute approximate surface area is 126 Å². The molecular weight excluding hydrogens is 289 g/mol. The van der Waals surface area contributed by atoms with Crippen molar-refractivity contribution >= 4 is 17.2 Å². The van der Waals surface area contributed by atoms with Gasteiger partial charge in [0, 0.05) is 24.7 Å². The predicted molar refractivity (Wildman–Crippen MR) is 80.7 cm³/mol. The largest absolute Gasteiger partial charge is 0.336 e. The van der Waals surface area contributed by atoms with Crippen LogP contribution in [-0.2, 0) is 0 Å². The van der Waals surface area contributed by atoms with Gasteiger partial charge in [-0.25, -0.2) is 9.37 Å². The zero-order valence-corrected chi connectivity index (χ0v) is 12.5. The van der Waals surface area contributed by atoms with Gasteiger partial charge >= 0.3 is 0 Å². The Morgan fingerprint density at radius 2 is 2.14 bits per heavy atom. The molecule has 0 saturated carbocycles. The summed E-state index contributed by atoms with van der Waals surface area (Å²) in [6.07, 6.45) is 0.842. The summed E-state index contributed by atoms with van der Waals surface area (Å²) in [4.78, 5) is 19.4. The highest BCUT2D eigenvalue weighted by Crippen LogP contribution is 2.29. The molecule has 1 saturated heterocycles. The average molecular weight is 305 g/mol. The van der Waals surface area contributed by atoms with Gasteiger partial charge in [-0.05, 0) is 37.6 Å². The third-order valence-corrected chi connectivity index (χ3v) is 4.79. The number of carbonyl (C=O) groups excluding carboxylic acids is 1. The van der Waals surface area contributed by atoms with Gasteiger partial charge in [-0.3, -0.25) is 4.79 Å². The summed E-state index contributed by atoms with van der Waals surface area (Å²) in [6, 6.07) is 6.21. The lowest BCUT2D eigenvalue weighted by atomic mass is 10.2. The predicted octanol–water partition coefficient (Wildman–Crippen LogP) is 2.43. The molecular formula is C15H16FN3OS. The third-order valence-electron chi connectivity index (χ3n) is 3.59. The lowest BCUT2D eigenvalue weighted by Gasteiger charge is -2.14. The van der Waals surface area contributed by atoms with Gasteiger partial charge in [-0.1, -0.05) is 0 Å². The first-order valence-corrected chi connectivity index (χ1v) is 7.64. The number of thiazole rings is 1. The van der Waals surface area contributed by atoms with Gasteiger partial charge in [0.05, 0.1) is 5.69 Å². The summed E-state index contributed by atoms with van der Waals surface area (Å²) in [5, 5.41) is 0.736. The van der Waals surface area contributed by atoms with E-state index in [0.717, 1.165) is 17.0 Å². The van der Waals surface area contributed by atoms with Gasteiger partial charge in [-0.2, -0.15) is 0 Å². The lowest BCUT2D eigenvalue weighted by Crippen LogP contribution is -2.31. The number of aryl methyl sites for hydroxylation is 1. The number of likely N-dealkylation sites (tertiary alicyclic amines) is 1. The van der Waals surface area contributed by atoms with Gasteiger partial charge in [0.25, 0.3) is 5.91 Å². The molecule has 3 rings (SSSR count). The molecule has 1 fully saturated rings. The van der Waals surface area contributed by atoms with Gasteiger partial charge in [0.2, 0.25) is 0 Å². The van der Waals surface area contributed by atoms with Crippen molar-refractivity contribution in [2.45, 2.75) is 19.4 Å². The van der Waals surface area contributed by atoms with E-state index in [2.05, 4.69) is 4.98 Å². The maximum atomic E-state index is 13.0. The van der Waals surface area contributed by atoms with Gasteiger partial charge in [-0.15, -0.1) is 11.3 Å². The second-order valence-electron chi connectivity index (χ2n) is 5.24. The van der Waals surface area contributed by atoms with E-state index in [0.29, 0.717) is 23.7 Å². The molecule has 4 nitrogen and oxygen atoms in total. The fourth-order valence-electron chi connectivity index (χ4n) is 2.43. The van der Waals surface area contributed by atoms with Crippen molar-refractivity contribution in [1.82, 2.24) is 9.88 Å². The number of nitrogens with two attached hydrogens (primary N) is 1. The molecule has 2 aromatic rings. The Hall–Kier alpha value is -1.79. The highest BCUT2D eigenvalue weighted by molar-refractivity contribution is 7.17. The topological polar surface area (TPSA) is 59.2 Å². The molecule has 2 heterocycles. The smallest absolute Gasteiger partial charge is 0.265 e. The Kier molecular flexibility index (Phi) is 3.73. The molecule has 0 bridgehead atoms. The van der Waals surface area contributed by atoms with Crippen LogP contribution in [0.3, 0.4) is 0 Å². The standard InChI is InChI=1S/C15H16FN3OS/c1-9-13(15(20)19-7-6-12(17)8-19)21-14(18-9)10-2-4-11(16)5-3-10/h2-5,12H,6-8,17H2,1H3/t12-/m1/s1. The van der Waals surface area contributed by atoms with Crippen LogP contribution in [0, 0.1) is 12.7 Å². The molecule has 1 aromatic carbocycles. The minimum atomic E-state index is -0.283. The van der Waals surface area contributed by atoms with Crippen LogP contribution in [0.25, 0.3) is 10.6 Å². The normalized spacial score (nSPS) is 18.2. The van der Waals surface area contributed by atoms with Crippen LogP contribution in [-0.4, -0.2) is 34.9 Å². The number of hydrogen-bond donors (Lipinski definition) is 1. The van der Waals surface area contributed by atoms with Crippen LogP contribution in [0.2, 0.25) is 0 Å². The lowest BCUT2D eigenvalue weighted by molar-refractivity contribution is 0.0794. The van der Waals surface area contributed by atoms with Crippen molar-refractivity contribution < 1.29 is 9.18 Å². The van der Waals surface area contributed by atoms with E-state index in [1.807, 2.05) is 6.92 Å². The summed E-state index contributed by atoms with van der Waals surface area (Å²) >= 11 is 1.35. The van der Waals surface area contributed by atoms with E-state index in [9.17, 15) is 9.18 Å². The number of nitrogens with zero attached hydrogens (tertiary/aromatic N) is 2. The summed E-state index contributed by atoms with van der Waals surface area (Å²) in [7, 11) is 0. The Morgan fingerprint density at radius 1 is 1.43 bits per heavy atom. The summed E-state index contributed by atoms with van der Waals surface area (Å²) < 4.78 is 13.0. The van der Waals surface area contributed by atoms with Gasteiger partial charge < -0.3 is 10.6 Å². The van der Waals surface area contributed by atoms with Gasteiger partial charge in [0.15, 0.2) is 0 Å². The molecule has 0 aliphatic carbocycles. The maximum absolute atomic E-state index is 13.0. The second kappa shape index (κ2) is 5.54. The van der Waals surface area contributed by atoms with Crippen molar-refractivity contribution in [3.05, 3.63) is 40.7 Å². The minimum Gasteiger partial charge on any atom is -0.336 e. The van der Waals surface area contributed by atoms with Crippen molar-refractivity contribution in [1.29, 1.82) is 0 Å². The zero-order chi connectivity index (χ0) is 15.0. The zero-order valence-electron chi connectivity index (χ0n) is 11.7. The Bertz CT molecular complexity index is 668. The first kappa shape index (κ1) is 14.2. The fraction of sp³-hybridized carbons (Fsp3) is 0.333. The molecule has 2 N–H and O–H groups in total. The van der Waals surface area contributed by atoms with Crippen molar-refractivity contribution in [2.24, 2.45) is 5.73 Å². The molecule has 1 atom stereocenters. The van der Waals surface area contributed by atoms with Crippen LogP contribution in [0.15, 0.2) is 24.3 Å². The monoisotopic (exact) mass is 305 g/mol. The summed E-state index contributed by atoms with van der Waals surface area (Å²) in [6.45, 7) is 3.12. The minimum absolute atomic E-state index is 0.00804. The SMILES string of the molecule is Cc1nc(-c2ccc(F)cc2)sc1C(=O)N1CC[C@@H](N)C1. The van der Waals surface area contributed by atoms with Crippen molar-refractivity contribution in [3.63, 3.8) is 0 Å². The summed E-state index contributed by atoms with van der Waals surface area (Å²) in [5.41, 5.74) is 7.38. The van der Waals surface area contributed by atoms with Crippen LogP contribution < -0.4 is 5.73 Å².